The molecule has 0 unspecified atom stereocenters. The van der Waals surface area contributed by atoms with Gasteiger partial charge >= 0.3 is 0 Å². The molecule has 0 atom stereocenters. The highest BCUT2D eigenvalue weighted by Crippen LogP contribution is 2.25. The van der Waals surface area contributed by atoms with Crippen LogP contribution in [-0.4, -0.2) is 40.4 Å². The van der Waals surface area contributed by atoms with Crippen molar-refractivity contribution in [3.63, 3.8) is 0 Å². The first-order valence-corrected chi connectivity index (χ1v) is 5.94. The van der Waals surface area contributed by atoms with Crippen molar-refractivity contribution in [2.24, 2.45) is 0 Å². The van der Waals surface area contributed by atoms with Gasteiger partial charge in [0.2, 0.25) is 0 Å². The lowest BCUT2D eigenvalue weighted by atomic mass is 10.00. The Hall–Kier alpha value is -1.62. The van der Waals surface area contributed by atoms with Crippen LogP contribution in [0.4, 0.5) is 5.82 Å². The van der Waals surface area contributed by atoms with Crippen LogP contribution < -0.4 is 10.2 Å². The van der Waals surface area contributed by atoms with Crippen molar-refractivity contribution in [1.82, 2.24) is 20.5 Å². The monoisotopic (exact) mass is 231 g/mol. The molecule has 1 fully saturated rings. The first-order valence-electron chi connectivity index (χ1n) is 5.94. The molecule has 2 aromatic rings. The lowest BCUT2D eigenvalue weighted by Crippen LogP contribution is -2.58. The van der Waals surface area contributed by atoms with Gasteiger partial charge in [0.1, 0.15) is 5.82 Å². The van der Waals surface area contributed by atoms with E-state index in [-0.39, 0.29) is 5.54 Å². The van der Waals surface area contributed by atoms with Crippen LogP contribution in [0.2, 0.25) is 0 Å². The molecule has 0 bridgehead atoms. The van der Waals surface area contributed by atoms with E-state index in [0.29, 0.717) is 0 Å². The quantitative estimate of drug-likeness (QED) is 0.773. The third-order valence-corrected chi connectivity index (χ3v) is 3.39. The molecular formula is C12H17N5. The van der Waals surface area contributed by atoms with E-state index >= 15 is 0 Å². The summed E-state index contributed by atoms with van der Waals surface area (Å²) in [5, 5.41) is 11.5. The smallest absolute Gasteiger partial charge is 0.129 e. The van der Waals surface area contributed by atoms with Crippen LogP contribution in [0.15, 0.2) is 18.5 Å². The molecule has 5 nitrogen and oxygen atoms in total. The van der Waals surface area contributed by atoms with Crippen molar-refractivity contribution in [2.45, 2.75) is 19.4 Å². The molecule has 2 aromatic heterocycles. The van der Waals surface area contributed by atoms with Crippen LogP contribution >= 0.6 is 0 Å². The Balaban J connectivity index is 2.01. The van der Waals surface area contributed by atoms with Gasteiger partial charge in [-0.15, -0.1) is 0 Å². The number of hydrogen-bond acceptors (Lipinski definition) is 4. The number of aromatic nitrogens is 3. The summed E-state index contributed by atoms with van der Waals surface area (Å²) in [7, 11) is 0. The van der Waals surface area contributed by atoms with E-state index < -0.39 is 0 Å². The lowest BCUT2D eigenvalue weighted by Gasteiger charge is -2.43. The van der Waals surface area contributed by atoms with Crippen LogP contribution in [0.1, 0.15) is 13.8 Å². The summed E-state index contributed by atoms with van der Waals surface area (Å²) in [6.45, 7) is 7.46. The lowest BCUT2D eigenvalue weighted by molar-refractivity contribution is 0.378. The van der Waals surface area contributed by atoms with Gasteiger partial charge in [0.05, 0.1) is 17.9 Å². The average Bonchev–Trinajstić information content (AvgIpc) is 2.75. The fourth-order valence-electron chi connectivity index (χ4n) is 2.39. The maximum Gasteiger partial charge on any atom is 0.129 e. The maximum absolute atomic E-state index is 4.53. The molecule has 17 heavy (non-hydrogen) atoms. The van der Waals surface area contributed by atoms with Crippen molar-refractivity contribution in [1.29, 1.82) is 0 Å². The molecule has 0 saturated carbocycles. The zero-order valence-corrected chi connectivity index (χ0v) is 10.2. The minimum atomic E-state index is 0.0999. The first kappa shape index (κ1) is 10.5. The summed E-state index contributed by atoms with van der Waals surface area (Å²) in [4.78, 5) is 6.88. The largest absolute Gasteiger partial charge is 0.349 e. The number of fused-ring (bicyclic) bond motifs is 1. The molecule has 3 heterocycles. The summed E-state index contributed by atoms with van der Waals surface area (Å²) >= 11 is 0. The van der Waals surface area contributed by atoms with Crippen LogP contribution in [0, 0.1) is 0 Å². The Morgan fingerprint density at radius 1 is 1.35 bits per heavy atom. The fraction of sp³-hybridized carbons (Fsp3) is 0.500. The van der Waals surface area contributed by atoms with E-state index in [1.54, 1.807) is 0 Å². The van der Waals surface area contributed by atoms with E-state index in [2.05, 4.69) is 45.3 Å². The number of rotatable bonds is 1. The second-order valence-corrected chi connectivity index (χ2v) is 5.14. The summed E-state index contributed by atoms with van der Waals surface area (Å²) < 4.78 is 0. The van der Waals surface area contributed by atoms with Crippen LogP contribution in [0.25, 0.3) is 10.9 Å². The normalized spacial score (nSPS) is 19.8. The number of piperazine rings is 1. The van der Waals surface area contributed by atoms with Crippen molar-refractivity contribution >= 4 is 16.7 Å². The molecule has 0 aromatic carbocycles. The highest BCUT2D eigenvalue weighted by molar-refractivity contribution is 5.79. The molecule has 3 rings (SSSR count). The summed E-state index contributed by atoms with van der Waals surface area (Å²) in [5.74, 6) is 1.03. The number of aromatic amines is 1. The molecule has 0 aliphatic carbocycles. The summed E-state index contributed by atoms with van der Waals surface area (Å²) in [5.41, 5.74) is 1.09. The van der Waals surface area contributed by atoms with Crippen molar-refractivity contribution in [2.75, 3.05) is 24.5 Å². The van der Waals surface area contributed by atoms with Gasteiger partial charge in [-0.05, 0) is 19.9 Å². The van der Waals surface area contributed by atoms with Gasteiger partial charge in [0.15, 0.2) is 0 Å². The molecule has 1 saturated heterocycles. The van der Waals surface area contributed by atoms with Gasteiger partial charge in [-0.25, -0.2) is 4.98 Å². The second-order valence-electron chi connectivity index (χ2n) is 5.14. The second kappa shape index (κ2) is 3.70. The molecule has 0 spiro atoms. The van der Waals surface area contributed by atoms with E-state index in [1.807, 2.05) is 12.4 Å². The zero-order valence-electron chi connectivity index (χ0n) is 10.2. The number of hydrogen-bond donors (Lipinski definition) is 2. The molecule has 1 aliphatic heterocycles. The van der Waals surface area contributed by atoms with Crippen molar-refractivity contribution < 1.29 is 0 Å². The number of nitrogens with zero attached hydrogens (tertiary/aromatic N) is 3. The molecule has 0 radical (unpaired) electrons. The van der Waals surface area contributed by atoms with Crippen LogP contribution in [-0.2, 0) is 0 Å². The van der Waals surface area contributed by atoms with E-state index in [9.17, 15) is 0 Å². The van der Waals surface area contributed by atoms with E-state index in [0.717, 1.165) is 36.4 Å². The Kier molecular flexibility index (Phi) is 2.29. The van der Waals surface area contributed by atoms with Crippen LogP contribution in [0.3, 0.4) is 0 Å². The maximum atomic E-state index is 4.53. The van der Waals surface area contributed by atoms with Crippen molar-refractivity contribution in [3.8, 4) is 0 Å². The Morgan fingerprint density at radius 3 is 3.06 bits per heavy atom. The third-order valence-electron chi connectivity index (χ3n) is 3.39. The SMILES string of the molecule is CC1(C)CNCCN1c1cc2cn[nH]c2cn1. The predicted molar refractivity (Wildman–Crippen MR) is 68.2 cm³/mol. The Bertz CT molecular complexity index is 530. The molecular weight excluding hydrogens is 214 g/mol. The van der Waals surface area contributed by atoms with Gasteiger partial charge in [0.25, 0.3) is 0 Å². The molecule has 2 N–H and O–H groups in total. The summed E-state index contributed by atoms with van der Waals surface area (Å²) in [6.07, 6.45) is 3.70. The van der Waals surface area contributed by atoms with E-state index in [1.165, 1.54) is 0 Å². The molecule has 0 amide bonds. The van der Waals surface area contributed by atoms with Gasteiger partial charge in [-0.3, -0.25) is 5.10 Å². The van der Waals surface area contributed by atoms with Gasteiger partial charge in [-0.2, -0.15) is 5.10 Å². The Morgan fingerprint density at radius 2 is 2.24 bits per heavy atom. The summed E-state index contributed by atoms with van der Waals surface area (Å²) in [6, 6.07) is 2.10. The highest BCUT2D eigenvalue weighted by atomic mass is 15.3. The fourth-order valence-corrected chi connectivity index (χ4v) is 2.39. The average molecular weight is 231 g/mol. The molecule has 1 aliphatic rings. The van der Waals surface area contributed by atoms with Gasteiger partial charge in [-0.1, -0.05) is 0 Å². The number of pyridine rings is 1. The number of H-pyrrole nitrogens is 1. The topological polar surface area (TPSA) is 56.8 Å². The number of anilines is 1. The zero-order chi connectivity index (χ0) is 11.9. The standard InChI is InChI=1S/C12H17N5/c1-12(2)8-13-3-4-17(12)11-5-9-6-15-16-10(9)7-14-11/h5-7,13H,3-4,8H2,1-2H3,(H,15,16). The third kappa shape index (κ3) is 1.76. The number of nitrogens with one attached hydrogen (secondary N) is 2. The minimum Gasteiger partial charge on any atom is -0.349 e. The first-order chi connectivity index (χ1) is 8.17. The van der Waals surface area contributed by atoms with Crippen molar-refractivity contribution in [3.05, 3.63) is 18.5 Å². The van der Waals surface area contributed by atoms with Gasteiger partial charge < -0.3 is 10.2 Å². The Labute approximate surface area is 100 Å². The minimum absolute atomic E-state index is 0.0999. The van der Waals surface area contributed by atoms with Crippen LogP contribution in [0.5, 0.6) is 0 Å². The highest BCUT2D eigenvalue weighted by Gasteiger charge is 2.30. The van der Waals surface area contributed by atoms with Gasteiger partial charge in [0, 0.05) is 30.6 Å². The predicted octanol–water partition coefficient (Wildman–Crippen LogP) is 1.15. The molecule has 90 valence electrons. The van der Waals surface area contributed by atoms with E-state index in [4.69, 9.17) is 0 Å². The molecule has 5 heteroatoms.